The van der Waals surface area contributed by atoms with Crippen LogP contribution < -0.4 is 70.0 Å². The van der Waals surface area contributed by atoms with Crippen LogP contribution in [0.5, 0.6) is 0 Å². The molecule has 1 aliphatic heterocycles. The number of carbonyl (C=O) groups excluding carboxylic acids is 2. The van der Waals surface area contributed by atoms with E-state index in [-0.39, 0.29) is 107 Å². The minimum Gasteiger partial charge on any atom is -0.744 e. The van der Waals surface area contributed by atoms with Crippen molar-refractivity contribution in [2.45, 2.75) is 29.8 Å². The molecule has 3 aromatic rings. The van der Waals surface area contributed by atoms with E-state index in [9.17, 15) is 40.3 Å². The number of nitrogens with zero attached hydrogens (tertiary/aromatic N) is 3. The molecule has 242 valence electrons. The zero-order valence-corrected chi connectivity index (χ0v) is 31.7. The summed E-state index contributed by atoms with van der Waals surface area (Å²) < 4.78 is 71.0. The molecule has 0 fully saturated rings. The second-order valence-corrected chi connectivity index (χ2v) is 12.5. The van der Waals surface area contributed by atoms with Gasteiger partial charge in [-0.1, -0.05) is 54.6 Å². The summed E-state index contributed by atoms with van der Waals surface area (Å²) in [6.07, 6.45) is 7.07. The first-order valence-electron chi connectivity index (χ1n) is 13.4. The first kappa shape index (κ1) is 41.2. The number of hydrogen-bond donors (Lipinski definition) is 3. The van der Waals surface area contributed by atoms with Crippen molar-refractivity contribution in [1.29, 1.82) is 0 Å². The number of benzene rings is 2. The second-order valence-electron chi connectivity index (χ2n) is 9.78. The van der Waals surface area contributed by atoms with Gasteiger partial charge in [-0.3, -0.25) is 19.5 Å². The van der Waals surface area contributed by atoms with Crippen molar-refractivity contribution in [2.75, 3.05) is 13.2 Å². The summed E-state index contributed by atoms with van der Waals surface area (Å²) in [6.45, 7) is 0.506. The van der Waals surface area contributed by atoms with Crippen LogP contribution in [-0.4, -0.2) is 76.5 Å². The van der Waals surface area contributed by atoms with Gasteiger partial charge in [0.1, 0.15) is 20.2 Å². The Morgan fingerprint density at radius 2 is 1.48 bits per heavy atom. The minimum atomic E-state index is -4.86. The van der Waals surface area contributed by atoms with Crippen molar-refractivity contribution < 1.29 is 99.8 Å². The van der Waals surface area contributed by atoms with Crippen LogP contribution in [0.3, 0.4) is 0 Å². The average Bonchev–Trinajstić information content (AvgIpc) is 3.44. The number of H-pyrrole nitrogens is 1. The van der Waals surface area contributed by atoms with E-state index >= 15 is 0 Å². The van der Waals surface area contributed by atoms with Gasteiger partial charge in [-0.2, -0.15) is 5.10 Å². The standard InChI is InChI=1S/C29H29N5O10S2.2Na/c1-19-22(28(37)33(31-19)17-20-9-5-7-13-24(20)45(39,40)41)11-3-2-4-12-23-26(27(36)30-15-16-35)32-34(29(23)38)18-21-10-6-8-14-25(21)46(42,43)44;;/h2-14,31,35H,15-18H2,1H3,(H,30,36)(H,39,40,41)(H,42,43,44);;/q;2*+1/p-2/b4-2+,11-3+,23-12+;;. The Balaban J connectivity index is 0.00000400. The molecule has 0 saturated carbocycles. The number of carbonyl (C=O) groups is 2. The number of aliphatic hydroxyl groups is 1. The van der Waals surface area contributed by atoms with Crippen LogP contribution in [0.2, 0.25) is 0 Å². The molecule has 15 nitrogen and oxygen atoms in total. The van der Waals surface area contributed by atoms with Crippen LogP contribution >= 0.6 is 0 Å². The molecular formula is C29H27N5Na2O10S2. The summed E-state index contributed by atoms with van der Waals surface area (Å²) >= 11 is 0. The zero-order valence-electron chi connectivity index (χ0n) is 26.1. The molecule has 1 aliphatic rings. The normalized spacial score (nSPS) is 14.3. The average molecular weight is 716 g/mol. The summed E-state index contributed by atoms with van der Waals surface area (Å²) in [5.41, 5.74) is -0.135. The Labute approximate surface area is 320 Å². The maximum absolute atomic E-state index is 13.2. The van der Waals surface area contributed by atoms with Gasteiger partial charge in [0.05, 0.1) is 40.6 Å². The van der Waals surface area contributed by atoms with Crippen molar-refractivity contribution in [3.8, 4) is 0 Å². The number of aromatic amines is 1. The fourth-order valence-corrected chi connectivity index (χ4v) is 5.92. The number of hydrazone groups is 1. The van der Waals surface area contributed by atoms with Crippen molar-refractivity contribution in [3.05, 3.63) is 111 Å². The van der Waals surface area contributed by atoms with Gasteiger partial charge in [0.2, 0.25) is 0 Å². The smallest absolute Gasteiger partial charge is 0.744 e. The summed E-state index contributed by atoms with van der Waals surface area (Å²) in [4.78, 5) is 37.9. The first-order chi connectivity index (χ1) is 21.7. The van der Waals surface area contributed by atoms with Crippen LogP contribution in [0.15, 0.2) is 98.1 Å². The number of aromatic nitrogens is 2. The molecule has 19 heteroatoms. The Bertz CT molecular complexity index is 2090. The molecule has 2 aromatic carbocycles. The fourth-order valence-electron chi connectivity index (χ4n) is 4.52. The van der Waals surface area contributed by atoms with Crippen molar-refractivity contribution in [1.82, 2.24) is 20.1 Å². The van der Waals surface area contributed by atoms with Gasteiger partial charge in [0, 0.05) is 12.2 Å². The Morgan fingerprint density at radius 1 is 0.917 bits per heavy atom. The third-order valence-electron chi connectivity index (χ3n) is 6.62. The summed E-state index contributed by atoms with van der Waals surface area (Å²) in [5.74, 6) is -1.54. The molecule has 0 saturated heterocycles. The van der Waals surface area contributed by atoms with E-state index in [0.717, 1.165) is 21.8 Å². The Kier molecular flexibility index (Phi) is 15.1. The molecule has 2 heterocycles. The van der Waals surface area contributed by atoms with Gasteiger partial charge in [-0.25, -0.2) is 26.5 Å². The van der Waals surface area contributed by atoms with Crippen LogP contribution in [0, 0.1) is 6.92 Å². The quantitative estimate of drug-likeness (QED) is 0.0696. The van der Waals surface area contributed by atoms with Gasteiger partial charge >= 0.3 is 59.1 Å². The third-order valence-corrected chi connectivity index (χ3v) is 8.49. The largest absolute Gasteiger partial charge is 1.00 e. The number of aliphatic hydroxyl groups excluding tert-OH is 1. The molecule has 0 spiro atoms. The van der Waals surface area contributed by atoms with Crippen LogP contribution in [0.4, 0.5) is 0 Å². The first-order valence-corrected chi connectivity index (χ1v) is 16.3. The van der Waals surface area contributed by atoms with E-state index in [1.807, 2.05) is 0 Å². The Hall–Kier alpha value is -2.94. The van der Waals surface area contributed by atoms with E-state index in [0.29, 0.717) is 5.69 Å². The molecule has 0 atom stereocenters. The van der Waals surface area contributed by atoms with Gasteiger partial charge in [0.25, 0.3) is 17.4 Å². The molecule has 0 unspecified atom stereocenters. The minimum absolute atomic E-state index is 0. The van der Waals surface area contributed by atoms with E-state index in [4.69, 9.17) is 5.11 Å². The number of allylic oxidation sites excluding steroid dienone is 4. The topological polar surface area (TPSA) is 234 Å². The molecule has 0 bridgehead atoms. The molecule has 4 rings (SSSR count). The summed E-state index contributed by atoms with van der Waals surface area (Å²) in [6, 6.07) is 10.8. The number of rotatable bonds is 12. The predicted molar refractivity (Wildman–Crippen MR) is 162 cm³/mol. The number of aryl methyl sites for hydroxylation is 1. The molecular weight excluding hydrogens is 688 g/mol. The molecule has 1 aromatic heterocycles. The number of hydrogen-bond acceptors (Lipinski definition) is 11. The molecule has 48 heavy (non-hydrogen) atoms. The van der Waals surface area contributed by atoms with E-state index < -0.39 is 53.9 Å². The monoisotopic (exact) mass is 715 g/mol. The van der Waals surface area contributed by atoms with Gasteiger partial charge in [-0.05, 0) is 42.3 Å². The van der Waals surface area contributed by atoms with Crippen LogP contribution in [-0.2, 0) is 42.9 Å². The third kappa shape index (κ3) is 10.1. The molecule has 0 aliphatic carbocycles. The SMILES string of the molecule is Cc1[nH]n(Cc2ccccc2S(=O)(=O)[O-])c(=O)c1/C=C/C=C/C=C1/C(=O)N(Cc2ccccc2S(=O)(=O)[O-])N=C1C(=O)NCCO.[Na+].[Na+]. The van der Waals surface area contributed by atoms with E-state index in [2.05, 4.69) is 15.5 Å². The predicted octanol–water partition coefficient (Wildman–Crippen LogP) is -5.65. The van der Waals surface area contributed by atoms with Crippen LogP contribution in [0.25, 0.3) is 6.08 Å². The van der Waals surface area contributed by atoms with Crippen LogP contribution in [0.1, 0.15) is 22.4 Å². The second kappa shape index (κ2) is 17.6. The zero-order chi connectivity index (χ0) is 33.6. The van der Waals surface area contributed by atoms with Crippen molar-refractivity contribution >= 4 is 43.8 Å². The maximum Gasteiger partial charge on any atom is 1.00 e. The van der Waals surface area contributed by atoms with Gasteiger partial charge in [0.15, 0.2) is 5.71 Å². The molecule has 0 radical (unpaired) electrons. The Morgan fingerprint density at radius 3 is 2.04 bits per heavy atom. The summed E-state index contributed by atoms with van der Waals surface area (Å²) in [7, 11) is -9.62. The fraction of sp³-hybridized carbons (Fsp3) is 0.172. The van der Waals surface area contributed by atoms with Gasteiger partial charge in [-0.15, -0.1) is 0 Å². The van der Waals surface area contributed by atoms with Crippen molar-refractivity contribution in [2.24, 2.45) is 5.10 Å². The maximum atomic E-state index is 13.2. The van der Waals surface area contributed by atoms with E-state index in [1.165, 1.54) is 60.7 Å². The molecule has 2 amide bonds. The number of amides is 2. The van der Waals surface area contributed by atoms with Crippen molar-refractivity contribution in [3.63, 3.8) is 0 Å². The summed E-state index contributed by atoms with van der Waals surface area (Å²) in [5, 5.41) is 19.2. The number of nitrogens with one attached hydrogen (secondary N) is 2. The van der Waals surface area contributed by atoms with E-state index in [1.54, 1.807) is 13.0 Å². The van der Waals surface area contributed by atoms with Gasteiger partial charge < -0.3 is 19.5 Å². The molecule has 3 N–H and O–H groups in total.